The molecule has 0 unspecified atom stereocenters. The zero-order chi connectivity index (χ0) is 12.2. The molecule has 0 amide bonds. The Hall–Kier alpha value is -0.860. The molecule has 0 aliphatic carbocycles. The SMILES string of the molecule is CCC.CCN[C@H](CO)Cc1ccccc1. The summed E-state index contributed by atoms with van der Waals surface area (Å²) in [7, 11) is 0. The second-order valence-corrected chi connectivity index (χ2v) is 3.83. The van der Waals surface area contributed by atoms with Gasteiger partial charge in [-0.2, -0.15) is 0 Å². The van der Waals surface area contributed by atoms with E-state index in [1.54, 1.807) is 0 Å². The Bertz CT molecular complexity index is 236. The standard InChI is InChI=1S/C11H17NO.C3H8/c1-2-12-11(9-13)8-10-6-4-3-5-7-10;1-3-2/h3-7,11-13H,2,8-9H2,1H3;3H2,1-2H3/t11-;/m0./s1. The summed E-state index contributed by atoms with van der Waals surface area (Å²) >= 11 is 0. The van der Waals surface area contributed by atoms with Crippen molar-refractivity contribution >= 4 is 0 Å². The van der Waals surface area contributed by atoms with Crippen molar-refractivity contribution in [1.82, 2.24) is 5.32 Å². The molecule has 0 spiro atoms. The van der Waals surface area contributed by atoms with E-state index in [-0.39, 0.29) is 12.6 Å². The maximum atomic E-state index is 9.06. The summed E-state index contributed by atoms with van der Waals surface area (Å²) in [4.78, 5) is 0. The van der Waals surface area contributed by atoms with E-state index in [9.17, 15) is 0 Å². The molecule has 2 heteroatoms. The van der Waals surface area contributed by atoms with Crippen molar-refractivity contribution in [3.05, 3.63) is 35.9 Å². The predicted octanol–water partition coefficient (Wildman–Crippen LogP) is 2.62. The first-order valence-electron chi connectivity index (χ1n) is 6.16. The lowest BCUT2D eigenvalue weighted by Gasteiger charge is -2.14. The van der Waals surface area contributed by atoms with Crippen molar-refractivity contribution in [3.8, 4) is 0 Å². The van der Waals surface area contributed by atoms with Crippen LogP contribution in [0.5, 0.6) is 0 Å². The van der Waals surface area contributed by atoms with E-state index >= 15 is 0 Å². The summed E-state index contributed by atoms with van der Waals surface area (Å²) in [6.45, 7) is 7.40. The fourth-order valence-electron chi connectivity index (χ4n) is 1.39. The molecule has 0 saturated carbocycles. The van der Waals surface area contributed by atoms with Gasteiger partial charge in [0.2, 0.25) is 0 Å². The van der Waals surface area contributed by atoms with Crippen LogP contribution in [0.4, 0.5) is 0 Å². The predicted molar refractivity (Wildman–Crippen MR) is 70.7 cm³/mol. The molecular formula is C14H25NO. The molecule has 1 aromatic rings. The van der Waals surface area contributed by atoms with Gasteiger partial charge in [-0.1, -0.05) is 57.5 Å². The second kappa shape index (κ2) is 10.7. The van der Waals surface area contributed by atoms with Crippen molar-refractivity contribution in [2.24, 2.45) is 0 Å². The van der Waals surface area contributed by atoms with Crippen LogP contribution in [0.25, 0.3) is 0 Å². The second-order valence-electron chi connectivity index (χ2n) is 3.83. The average Bonchev–Trinajstić information content (AvgIpc) is 2.31. The van der Waals surface area contributed by atoms with Crippen LogP contribution in [-0.4, -0.2) is 24.3 Å². The summed E-state index contributed by atoms with van der Waals surface area (Å²) in [5.41, 5.74) is 1.27. The van der Waals surface area contributed by atoms with Gasteiger partial charge in [0.15, 0.2) is 0 Å². The first kappa shape index (κ1) is 15.1. The van der Waals surface area contributed by atoms with E-state index in [1.165, 1.54) is 12.0 Å². The van der Waals surface area contributed by atoms with Gasteiger partial charge in [0.1, 0.15) is 0 Å². The molecule has 0 radical (unpaired) electrons. The van der Waals surface area contributed by atoms with Crippen molar-refractivity contribution < 1.29 is 5.11 Å². The molecule has 0 aromatic heterocycles. The van der Waals surface area contributed by atoms with Crippen molar-refractivity contribution in [3.63, 3.8) is 0 Å². The molecule has 0 bridgehead atoms. The molecule has 0 aliphatic heterocycles. The Balaban J connectivity index is 0.000000673. The summed E-state index contributed by atoms with van der Waals surface area (Å²) < 4.78 is 0. The number of likely N-dealkylation sites (N-methyl/N-ethyl adjacent to an activating group) is 1. The van der Waals surface area contributed by atoms with Crippen LogP contribution in [0.15, 0.2) is 30.3 Å². The quantitative estimate of drug-likeness (QED) is 0.804. The van der Waals surface area contributed by atoms with Crippen LogP contribution in [0.1, 0.15) is 32.8 Å². The number of hydrogen-bond acceptors (Lipinski definition) is 2. The smallest absolute Gasteiger partial charge is 0.0587 e. The first-order valence-corrected chi connectivity index (χ1v) is 6.16. The maximum absolute atomic E-state index is 9.06. The Morgan fingerprint density at radius 1 is 1.12 bits per heavy atom. The maximum Gasteiger partial charge on any atom is 0.0587 e. The van der Waals surface area contributed by atoms with Gasteiger partial charge in [-0.05, 0) is 18.5 Å². The summed E-state index contributed by atoms with van der Waals surface area (Å²) in [5.74, 6) is 0. The van der Waals surface area contributed by atoms with E-state index < -0.39 is 0 Å². The van der Waals surface area contributed by atoms with Crippen molar-refractivity contribution in [2.45, 2.75) is 39.7 Å². The average molecular weight is 223 g/mol. The third-order valence-corrected chi connectivity index (χ3v) is 2.04. The fourth-order valence-corrected chi connectivity index (χ4v) is 1.39. The molecule has 0 heterocycles. The van der Waals surface area contributed by atoms with Crippen LogP contribution in [0, 0.1) is 0 Å². The van der Waals surface area contributed by atoms with Crippen LogP contribution in [-0.2, 0) is 6.42 Å². The topological polar surface area (TPSA) is 32.3 Å². The van der Waals surface area contributed by atoms with Crippen LogP contribution in [0.2, 0.25) is 0 Å². The number of rotatable bonds is 5. The summed E-state index contributed by atoms with van der Waals surface area (Å²) in [5, 5.41) is 12.3. The highest BCUT2D eigenvalue weighted by Gasteiger charge is 2.05. The molecule has 0 aliphatic rings. The van der Waals surface area contributed by atoms with E-state index in [4.69, 9.17) is 5.11 Å². The minimum Gasteiger partial charge on any atom is -0.395 e. The van der Waals surface area contributed by atoms with Crippen LogP contribution in [0.3, 0.4) is 0 Å². The van der Waals surface area contributed by atoms with Crippen molar-refractivity contribution in [1.29, 1.82) is 0 Å². The molecule has 16 heavy (non-hydrogen) atoms. The van der Waals surface area contributed by atoms with E-state index in [0.29, 0.717) is 0 Å². The highest BCUT2D eigenvalue weighted by atomic mass is 16.3. The summed E-state index contributed by atoms with van der Waals surface area (Å²) in [6.07, 6.45) is 2.14. The van der Waals surface area contributed by atoms with Gasteiger partial charge in [-0.15, -0.1) is 0 Å². The fraction of sp³-hybridized carbons (Fsp3) is 0.571. The molecule has 92 valence electrons. The lowest BCUT2D eigenvalue weighted by atomic mass is 10.1. The molecule has 0 fully saturated rings. The molecule has 1 aromatic carbocycles. The Kier molecular flexibility index (Phi) is 10.1. The van der Waals surface area contributed by atoms with Gasteiger partial charge in [-0.3, -0.25) is 0 Å². The largest absolute Gasteiger partial charge is 0.395 e. The lowest BCUT2D eigenvalue weighted by Crippen LogP contribution is -2.34. The van der Waals surface area contributed by atoms with Gasteiger partial charge in [0, 0.05) is 6.04 Å². The zero-order valence-corrected chi connectivity index (χ0v) is 10.7. The van der Waals surface area contributed by atoms with Crippen molar-refractivity contribution in [2.75, 3.05) is 13.2 Å². The Labute approximate surface area is 99.7 Å². The highest BCUT2D eigenvalue weighted by molar-refractivity contribution is 5.15. The number of nitrogens with one attached hydrogen (secondary N) is 1. The Morgan fingerprint density at radius 3 is 2.12 bits per heavy atom. The molecule has 1 atom stereocenters. The number of aliphatic hydroxyl groups is 1. The zero-order valence-electron chi connectivity index (χ0n) is 10.7. The van der Waals surface area contributed by atoms with E-state index in [0.717, 1.165) is 13.0 Å². The third kappa shape index (κ3) is 7.43. The van der Waals surface area contributed by atoms with Crippen LogP contribution < -0.4 is 5.32 Å². The normalized spacial score (nSPS) is 11.5. The highest BCUT2D eigenvalue weighted by Crippen LogP contribution is 2.02. The third-order valence-electron chi connectivity index (χ3n) is 2.04. The minimum atomic E-state index is 0.187. The van der Waals surface area contributed by atoms with Gasteiger partial charge < -0.3 is 10.4 Å². The van der Waals surface area contributed by atoms with Gasteiger partial charge in [0.05, 0.1) is 6.61 Å². The van der Waals surface area contributed by atoms with E-state index in [2.05, 4.69) is 31.3 Å². The van der Waals surface area contributed by atoms with Crippen LogP contribution >= 0.6 is 0 Å². The summed E-state index contributed by atoms with van der Waals surface area (Å²) in [6, 6.07) is 10.4. The molecule has 1 rings (SSSR count). The number of aliphatic hydroxyl groups excluding tert-OH is 1. The molecule has 2 N–H and O–H groups in total. The minimum absolute atomic E-state index is 0.187. The Morgan fingerprint density at radius 2 is 1.69 bits per heavy atom. The van der Waals surface area contributed by atoms with Gasteiger partial charge in [-0.25, -0.2) is 0 Å². The molecule has 0 saturated heterocycles. The number of benzene rings is 1. The molecular weight excluding hydrogens is 198 g/mol. The van der Waals surface area contributed by atoms with Gasteiger partial charge in [0.25, 0.3) is 0 Å². The molecule has 2 nitrogen and oxygen atoms in total. The first-order chi connectivity index (χ1) is 7.78. The van der Waals surface area contributed by atoms with Gasteiger partial charge >= 0.3 is 0 Å². The van der Waals surface area contributed by atoms with E-state index in [1.807, 2.05) is 25.1 Å². The number of hydrogen-bond donors (Lipinski definition) is 2. The lowest BCUT2D eigenvalue weighted by molar-refractivity contribution is 0.243. The monoisotopic (exact) mass is 223 g/mol.